The van der Waals surface area contributed by atoms with E-state index in [2.05, 4.69) is 10.6 Å². The largest absolute Gasteiger partial charge is 0.373 e. The van der Waals surface area contributed by atoms with Crippen LogP contribution in [0.2, 0.25) is 0 Å². The first kappa shape index (κ1) is 27.9. The van der Waals surface area contributed by atoms with E-state index in [9.17, 15) is 0 Å². The Labute approximate surface area is 240 Å². The number of rotatable bonds is 6. The monoisotopic (exact) mass is 544 g/mol. The number of hydrogen-bond acceptors (Lipinski definition) is 12. The standard InChI is InChI=1S/C30H16N12/c31-13-1-7-19-20(8-2-14-32)38-26-25(37-19)27-29(41-22(10-4-16-34)21(39-27)9-3-15-33)30-28(26)40-23(11-5-17-35)24(42-30)12-6-18-36/h1-12,19,27,37,39H/b7-1+,8-2+,9-3+,10-4+,11-5+,12-6+. The summed E-state index contributed by atoms with van der Waals surface area (Å²) in [6.45, 7) is 0. The van der Waals surface area contributed by atoms with Crippen LogP contribution in [-0.2, 0) is 0 Å². The molecule has 0 amide bonds. The number of aromatic nitrogens is 2. The highest BCUT2D eigenvalue weighted by Crippen LogP contribution is 2.36. The van der Waals surface area contributed by atoms with Gasteiger partial charge in [-0.15, -0.1) is 0 Å². The zero-order valence-corrected chi connectivity index (χ0v) is 21.6. The van der Waals surface area contributed by atoms with Crippen molar-refractivity contribution < 1.29 is 0 Å². The van der Waals surface area contributed by atoms with Crippen LogP contribution in [0.5, 0.6) is 0 Å². The molecule has 42 heavy (non-hydrogen) atoms. The Morgan fingerprint density at radius 3 is 1.81 bits per heavy atom. The molecular formula is C30H16N12. The normalized spacial score (nSPS) is 19.2. The van der Waals surface area contributed by atoms with Crippen molar-refractivity contribution in [1.82, 2.24) is 20.6 Å². The van der Waals surface area contributed by atoms with E-state index in [-0.39, 0.29) is 0 Å². The quantitative estimate of drug-likeness (QED) is 0.499. The summed E-state index contributed by atoms with van der Waals surface area (Å²) in [5, 5.41) is 61.6. The molecule has 3 aliphatic rings. The number of hydrogen-bond donors (Lipinski definition) is 2. The third-order valence-corrected chi connectivity index (χ3v) is 5.89. The van der Waals surface area contributed by atoms with Crippen molar-refractivity contribution in [3.63, 3.8) is 0 Å². The highest BCUT2D eigenvalue weighted by Gasteiger charge is 2.41. The van der Waals surface area contributed by atoms with E-state index in [1.165, 1.54) is 66.8 Å². The molecule has 2 unspecified atom stereocenters. The lowest BCUT2D eigenvalue weighted by Crippen LogP contribution is -2.52. The summed E-state index contributed by atoms with van der Waals surface area (Å²) in [6.07, 6.45) is 16.6. The zero-order chi connectivity index (χ0) is 29.9. The van der Waals surface area contributed by atoms with Crippen LogP contribution in [0, 0.1) is 68.0 Å². The second-order valence-corrected chi connectivity index (χ2v) is 8.29. The topological polar surface area (TPSA) is 217 Å². The van der Waals surface area contributed by atoms with Gasteiger partial charge in [-0.2, -0.15) is 31.6 Å². The Morgan fingerprint density at radius 1 is 0.595 bits per heavy atom. The number of nitrogens with one attached hydrogen (secondary N) is 2. The lowest BCUT2D eigenvalue weighted by Gasteiger charge is -2.37. The summed E-state index contributed by atoms with van der Waals surface area (Å²) >= 11 is 0. The highest BCUT2D eigenvalue weighted by molar-refractivity contribution is 6.15. The lowest BCUT2D eigenvalue weighted by molar-refractivity contribution is 0.670. The third-order valence-electron chi connectivity index (χ3n) is 5.89. The van der Waals surface area contributed by atoms with Gasteiger partial charge in [0.05, 0.1) is 82.4 Å². The van der Waals surface area contributed by atoms with Gasteiger partial charge in [-0.1, -0.05) is 0 Å². The van der Waals surface area contributed by atoms with Crippen molar-refractivity contribution in [1.29, 1.82) is 31.6 Å². The maximum absolute atomic E-state index is 9.15. The molecule has 2 atom stereocenters. The summed E-state index contributed by atoms with van der Waals surface area (Å²) in [5.74, 6) is 0. The fraction of sp³-hybridized carbons (Fsp3) is 0.0667. The summed E-state index contributed by atoms with van der Waals surface area (Å²) in [7, 11) is 0. The molecule has 0 radical (unpaired) electrons. The Kier molecular flexibility index (Phi) is 8.70. The second kappa shape index (κ2) is 13.1. The van der Waals surface area contributed by atoms with Crippen LogP contribution in [0.1, 0.15) is 22.8 Å². The van der Waals surface area contributed by atoms with Gasteiger partial charge in [0.25, 0.3) is 0 Å². The van der Waals surface area contributed by atoms with Gasteiger partial charge in [0, 0.05) is 36.5 Å². The van der Waals surface area contributed by atoms with Crippen molar-refractivity contribution in [3.05, 3.63) is 101 Å². The van der Waals surface area contributed by atoms with Crippen LogP contribution in [0.4, 0.5) is 0 Å². The van der Waals surface area contributed by atoms with Gasteiger partial charge in [0.2, 0.25) is 0 Å². The molecule has 1 aliphatic carbocycles. The van der Waals surface area contributed by atoms with Crippen LogP contribution in [0.15, 0.2) is 87.8 Å². The zero-order valence-electron chi connectivity index (χ0n) is 21.6. The second-order valence-electron chi connectivity index (χ2n) is 8.29. The molecular weight excluding hydrogens is 528 g/mol. The molecule has 2 N–H and O–H groups in total. The molecule has 12 heteroatoms. The number of aliphatic imine (C=N–C) groups is 2. The highest BCUT2D eigenvalue weighted by atomic mass is 15.1. The Morgan fingerprint density at radius 2 is 1.17 bits per heavy atom. The predicted molar refractivity (Wildman–Crippen MR) is 152 cm³/mol. The van der Waals surface area contributed by atoms with Crippen molar-refractivity contribution in [3.8, 4) is 36.4 Å². The van der Waals surface area contributed by atoms with Gasteiger partial charge in [0.15, 0.2) is 0 Å². The van der Waals surface area contributed by atoms with Crippen LogP contribution in [0.25, 0.3) is 17.8 Å². The molecule has 0 saturated heterocycles. The summed E-state index contributed by atoms with van der Waals surface area (Å²) in [5.41, 5.74) is 3.76. The molecule has 0 fully saturated rings. The van der Waals surface area contributed by atoms with E-state index < -0.39 is 12.1 Å². The summed E-state index contributed by atoms with van der Waals surface area (Å²) in [6, 6.07) is 10.3. The van der Waals surface area contributed by atoms with Gasteiger partial charge in [-0.25, -0.2) is 20.0 Å². The molecule has 12 nitrogen and oxygen atoms in total. The van der Waals surface area contributed by atoms with Gasteiger partial charge < -0.3 is 10.6 Å². The molecule has 0 aromatic carbocycles. The first-order valence-electron chi connectivity index (χ1n) is 12.1. The van der Waals surface area contributed by atoms with Crippen molar-refractivity contribution in [2.75, 3.05) is 0 Å². The molecule has 0 spiro atoms. The van der Waals surface area contributed by atoms with Crippen LogP contribution >= 0.6 is 0 Å². The van der Waals surface area contributed by atoms with Gasteiger partial charge in [-0.05, 0) is 36.5 Å². The maximum atomic E-state index is 9.15. The van der Waals surface area contributed by atoms with E-state index in [1.54, 1.807) is 6.08 Å². The minimum Gasteiger partial charge on any atom is -0.373 e. The molecule has 1 aromatic rings. The van der Waals surface area contributed by atoms with Crippen molar-refractivity contribution >= 4 is 29.3 Å². The number of nitrogens with zero attached hydrogens (tertiary/aromatic N) is 10. The average Bonchev–Trinajstić information content (AvgIpc) is 3.01. The summed E-state index contributed by atoms with van der Waals surface area (Å²) < 4.78 is 0. The smallest absolute Gasteiger partial charge is 0.119 e. The molecule has 0 saturated carbocycles. The minimum atomic E-state index is -0.684. The molecule has 3 heterocycles. The molecule has 1 aromatic heterocycles. The van der Waals surface area contributed by atoms with Gasteiger partial charge in [0.1, 0.15) is 23.1 Å². The Bertz CT molecular complexity index is 1900. The summed E-state index contributed by atoms with van der Waals surface area (Å²) in [4.78, 5) is 19.1. The van der Waals surface area contributed by atoms with E-state index in [1.807, 2.05) is 36.4 Å². The van der Waals surface area contributed by atoms with Crippen molar-refractivity contribution in [2.24, 2.45) is 9.98 Å². The van der Waals surface area contributed by atoms with E-state index in [0.717, 1.165) is 0 Å². The number of nitriles is 6. The average molecular weight is 545 g/mol. The maximum Gasteiger partial charge on any atom is 0.119 e. The van der Waals surface area contributed by atoms with E-state index in [4.69, 9.17) is 51.5 Å². The van der Waals surface area contributed by atoms with E-state index >= 15 is 0 Å². The third kappa shape index (κ3) is 5.65. The minimum absolute atomic E-state index is 0.296. The van der Waals surface area contributed by atoms with Crippen LogP contribution in [-0.4, -0.2) is 33.5 Å². The first-order valence-corrected chi connectivity index (χ1v) is 12.1. The van der Waals surface area contributed by atoms with Crippen LogP contribution in [0.3, 0.4) is 0 Å². The lowest BCUT2D eigenvalue weighted by atomic mass is 9.89. The fourth-order valence-electron chi connectivity index (χ4n) is 4.25. The van der Waals surface area contributed by atoms with Gasteiger partial charge in [-0.3, -0.25) is 0 Å². The predicted octanol–water partition coefficient (Wildman–Crippen LogP) is 2.94. The fourth-order valence-corrected chi connectivity index (χ4v) is 4.25. The number of allylic oxidation sites excluding steroid dienone is 8. The number of fused-ring (bicyclic) bond motifs is 5. The SMILES string of the molecule is N#C/C=C/C1=NC2=C(NC1/C=C/C#N)C1NC(/C=C/C#N)=C(/C=C/C#N)N=C1c1nc(/C=C/C#N)c(/C=C/C#N)nc12. The van der Waals surface area contributed by atoms with Crippen molar-refractivity contribution in [2.45, 2.75) is 12.1 Å². The Balaban J connectivity index is 2.08. The molecule has 2 aliphatic heterocycles. The van der Waals surface area contributed by atoms with Crippen LogP contribution < -0.4 is 10.6 Å². The van der Waals surface area contributed by atoms with E-state index in [0.29, 0.717) is 57.0 Å². The molecule has 4 rings (SSSR count). The van der Waals surface area contributed by atoms with Gasteiger partial charge >= 0.3 is 0 Å². The Hall–Kier alpha value is -7.12. The molecule has 0 bridgehead atoms. The first-order chi connectivity index (χ1) is 20.6. The molecule has 196 valence electrons.